The largest absolute Gasteiger partial charge is 0.279 e. The Hall–Kier alpha value is -1.87. The van der Waals surface area contributed by atoms with E-state index in [1.54, 1.807) is 24.3 Å². The van der Waals surface area contributed by atoms with Gasteiger partial charge in [-0.2, -0.15) is 0 Å². The highest BCUT2D eigenvalue weighted by Crippen LogP contribution is 2.22. The summed E-state index contributed by atoms with van der Waals surface area (Å²) in [5.41, 5.74) is 0.387. The number of sulfonamides is 2. The van der Waals surface area contributed by atoms with Gasteiger partial charge in [0.2, 0.25) is 10.0 Å². The van der Waals surface area contributed by atoms with Crippen molar-refractivity contribution < 1.29 is 16.8 Å². The van der Waals surface area contributed by atoms with Crippen LogP contribution in [-0.2, 0) is 20.0 Å². The lowest BCUT2D eigenvalue weighted by molar-refractivity contribution is 0.598. The van der Waals surface area contributed by atoms with Crippen LogP contribution in [0.5, 0.6) is 0 Å². The van der Waals surface area contributed by atoms with E-state index in [4.69, 9.17) is 16.7 Å². The third-order valence-corrected chi connectivity index (χ3v) is 5.09. The first-order chi connectivity index (χ1) is 10.7. The van der Waals surface area contributed by atoms with E-state index in [0.29, 0.717) is 10.6 Å². The number of hydrogen-bond donors (Lipinski definition) is 2. The van der Waals surface area contributed by atoms with Gasteiger partial charge in [-0.15, -0.1) is 0 Å². The summed E-state index contributed by atoms with van der Waals surface area (Å²) >= 11 is 5.94. The molecule has 0 unspecified atom stereocenters. The van der Waals surface area contributed by atoms with E-state index < -0.39 is 20.0 Å². The highest BCUT2D eigenvalue weighted by molar-refractivity contribution is 7.95. The first-order valence-corrected chi connectivity index (χ1v) is 9.73. The fraction of sp³-hybridized carbons (Fsp3) is 0. The second kappa shape index (κ2) is 6.71. The molecule has 0 saturated heterocycles. The Morgan fingerprint density at radius 2 is 1.57 bits per heavy atom. The lowest BCUT2D eigenvalue weighted by Crippen LogP contribution is -2.17. The molecule has 0 heterocycles. The molecule has 3 N–H and O–H groups in total. The van der Waals surface area contributed by atoms with Crippen molar-refractivity contribution in [1.29, 1.82) is 0 Å². The van der Waals surface area contributed by atoms with E-state index in [2.05, 4.69) is 4.72 Å². The summed E-state index contributed by atoms with van der Waals surface area (Å²) in [5.74, 6) is 0. The summed E-state index contributed by atoms with van der Waals surface area (Å²) in [6.07, 6.45) is 1.31. The molecule has 6 nitrogen and oxygen atoms in total. The van der Waals surface area contributed by atoms with Gasteiger partial charge in [-0.3, -0.25) is 4.72 Å². The van der Waals surface area contributed by atoms with E-state index in [9.17, 15) is 16.8 Å². The van der Waals surface area contributed by atoms with Gasteiger partial charge in [-0.05, 0) is 29.8 Å². The van der Waals surface area contributed by atoms with Crippen LogP contribution >= 0.6 is 11.6 Å². The standard InChI is InChI=1S/C14H13ClN2O4S2/c15-12-6-2-1-5-11(12)9-10-22(18,19)17-13-7-3-4-8-14(13)23(16,20)21/h1-10,17H,(H2,16,20,21). The molecule has 0 fully saturated rings. The quantitative estimate of drug-likeness (QED) is 0.840. The first-order valence-electron chi connectivity index (χ1n) is 6.26. The lowest BCUT2D eigenvalue weighted by Gasteiger charge is -2.09. The highest BCUT2D eigenvalue weighted by Gasteiger charge is 2.16. The second-order valence-electron chi connectivity index (χ2n) is 4.51. The number of nitrogens with two attached hydrogens (primary N) is 1. The number of halogens is 1. The Labute approximate surface area is 139 Å². The molecule has 122 valence electrons. The van der Waals surface area contributed by atoms with E-state index in [0.717, 1.165) is 5.41 Å². The molecule has 0 aliphatic heterocycles. The predicted molar refractivity (Wildman–Crippen MR) is 90.8 cm³/mol. The van der Waals surface area contributed by atoms with Gasteiger partial charge in [-0.1, -0.05) is 41.9 Å². The van der Waals surface area contributed by atoms with Crippen LogP contribution in [0.25, 0.3) is 6.08 Å². The van der Waals surface area contributed by atoms with Crippen molar-refractivity contribution in [3.63, 3.8) is 0 Å². The van der Waals surface area contributed by atoms with Crippen LogP contribution in [0.4, 0.5) is 5.69 Å². The fourth-order valence-electron chi connectivity index (χ4n) is 1.76. The van der Waals surface area contributed by atoms with E-state index in [-0.39, 0.29) is 10.6 Å². The van der Waals surface area contributed by atoms with Crippen LogP contribution in [0.2, 0.25) is 5.02 Å². The Balaban J connectivity index is 2.32. The third kappa shape index (κ3) is 4.80. The van der Waals surface area contributed by atoms with Crippen molar-refractivity contribution in [3.8, 4) is 0 Å². The van der Waals surface area contributed by atoms with Gasteiger partial charge in [0, 0.05) is 5.02 Å². The Morgan fingerprint density at radius 1 is 0.957 bits per heavy atom. The molecule has 0 aliphatic rings. The van der Waals surface area contributed by atoms with Gasteiger partial charge in [0.05, 0.1) is 11.1 Å². The average Bonchev–Trinajstić information content (AvgIpc) is 2.45. The molecule has 0 saturated carbocycles. The van der Waals surface area contributed by atoms with Crippen molar-refractivity contribution >= 4 is 43.4 Å². The number of hydrogen-bond acceptors (Lipinski definition) is 4. The first kappa shape index (κ1) is 17.5. The zero-order valence-electron chi connectivity index (χ0n) is 11.7. The normalized spacial score (nSPS) is 12.4. The van der Waals surface area contributed by atoms with Crippen molar-refractivity contribution in [2.24, 2.45) is 5.14 Å². The van der Waals surface area contributed by atoms with E-state index in [1.807, 2.05) is 0 Å². The Kier molecular flexibility index (Phi) is 5.10. The van der Waals surface area contributed by atoms with Crippen LogP contribution in [0.1, 0.15) is 5.56 Å². The number of benzene rings is 2. The van der Waals surface area contributed by atoms with Gasteiger partial charge in [0.15, 0.2) is 0 Å². The molecule has 0 radical (unpaired) electrons. The fourth-order valence-corrected chi connectivity index (χ4v) is 3.59. The van der Waals surface area contributed by atoms with Crippen molar-refractivity contribution in [3.05, 3.63) is 64.5 Å². The minimum absolute atomic E-state index is 0.126. The maximum atomic E-state index is 12.1. The Bertz CT molecular complexity index is 954. The molecule has 0 aliphatic carbocycles. The smallest absolute Gasteiger partial charge is 0.255 e. The van der Waals surface area contributed by atoms with Gasteiger partial charge in [0.25, 0.3) is 10.0 Å². The van der Waals surface area contributed by atoms with Gasteiger partial charge >= 0.3 is 0 Å². The van der Waals surface area contributed by atoms with Crippen LogP contribution in [-0.4, -0.2) is 16.8 Å². The summed E-state index contributed by atoms with van der Waals surface area (Å²) in [7, 11) is -7.99. The Morgan fingerprint density at radius 3 is 2.22 bits per heavy atom. The van der Waals surface area contributed by atoms with Gasteiger partial charge in [-0.25, -0.2) is 22.0 Å². The van der Waals surface area contributed by atoms with Crippen molar-refractivity contribution in [2.75, 3.05) is 4.72 Å². The molecule has 9 heteroatoms. The molecule has 0 amide bonds. The number of primary sulfonamides is 1. The number of rotatable bonds is 5. The van der Waals surface area contributed by atoms with E-state index in [1.165, 1.54) is 30.3 Å². The van der Waals surface area contributed by atoms with Crippen LogP contribution in [0.15, 0.2) is 58.8 Å². The molecule has 2 rings (SSSR count). The third-order valence-electron chi connectivity index (χ3n) is 2.78. The summed E-state index contributed by atoms with van der Waals surface area (Å²) in [6.45, 7) is 0. The zero-order chi connectivity index (χ0) is 17.1. The van der Waals surface area contributed by atoms with Crippen LogP contribution in [0, 0.1) is 0 Å². The van der Waals surface area contributed by atoms with Crippen LogP contribution < -0.4 is 9.86 Å². The lowest BCUT2D eigenvalue weighted by atomic mass is 10.2. The average molecular weight is 373 g/mol. The predicted octanol–water partition coefficient (Wildman–Crippen LogP) is 2.40. The number of nitrogens with one attached hydrogen (secondary N) is 1. The summed E-state index contributed by atoms with van der Waals surface area (Å²) in [4.78, 5) is -0.310. The molecular formula is C14H13ClN2O4S2. The molecule has 0 atom stereocenters. The minimum atomic E-state index is -4.05. The van der Waals surface area contributed by atoms with Gasteiger partial charge in [0.1, 0.15) is 4.90 Å². The highest BCUT2D eigenvalue weighted by atomic mass is 35.5. The summed E-state index contributed by atoms with van der Waals surface area (Å²) in [6, 6.07) is 12.1. The molecular weight excluding hydrogens is 360 g/mol. The number of para-hydroxylation sites is 1. The molecule has 0 aromatic heterocycles. The topological polar surface area (TPSA) is 106 Å². The second-order valence-corrected chi connectivity index (χ2v) is 8.02. The molecule has 2 aromatic carbocycles. The maximum Gasteiger partial charge on any atom is 0.255 e. The minimum Gasteiger partial charge on any atom is -0.279 e. The van der Waals surface area contributed by atoms with Crippen molar-refractivity contribution in [2.45, 2.75) is 4.90 Å². The summed E-state index contributed by atoms with van der Waals surface area (Å²) < 4.78 is 49.3. The molecule has 0 spiro atoms. The SMILES string of the molecule is NS(=O)(=O)c1ccccc1NS(=O)(=O)C=Cc1ccccc1Cl. The molecule has 23 heavy (non-hydrogen) atoms. The van der Waals surface area contributed by atoms with E-state index >= 15 is 0 Å². The molecule has 0 bridgehead atoms. The van der Waals surface area contributed by atoms with Crippen molar-refractivity contribution in [1.82, 2.24) is 0 Å². The zero-order valence-corrected chi connectivity index (χ0v) is 14.1. The maximum absolute atomic E-state index is 12.1. The van der Waals surface area contributed by atoms with Gasteiger partial charge < -0.3 is 0 Å². The summed E-state index contributed by atoms with van der Waals surface area (Å²) in [5, 5.41) is 6.35. The van der Waals surface area contributed by atoms with Crippen LogP contribution in [0.3, 0.4) is 0 Å². The monoisotopic (exact) mass is 372 g/mol. The number of anilines is 1. The molecule has 2 aromatic rings.